The van der Waals surface area contributed by atoms with Crippen LogP contribution < -0.4 is 10.0 Å². The second-order valence-electron chi connectivity index (χ2n) is 5.91. The third-order valence-electron chi connectivity index (χ3n) is 3.54. The molecule has 10 heteroatoms. The van der Waals surface area contributed by atoms with E-state index in [0.29, 0.717) is 0 Å². The average molecular weight is 414 g/mol. The molecule has 146 valence electrons. The van der Waals surface area contributed by atoms with Gasteiger partial charge in [0.1, 0.15) is 21.7 Å². The second kappa shape index (κ2) is 8.59. The molecule has 0 fully saturated rings. The molecule has 2 aromatic carbocycles. The van der Waals surface area contributed by atoms with E-state index in [2.05, 4.69) is 10.0 Å². The summed E-state index contributed by atoms with van der Waals surface area (Å²) >= 11 is 0. The largest absolute Gasteiger partial charge is 0.325 e. The molecule has 1 atom stereocenters. The van der Waals surface area contributed by atoms with Gasteiger partial charge in [-0.1, -0.05) is 24.3 Å². The van der Waals surface area contributed by atoms with Gasteiger partial charge in [0.15, 0.2) is 0 Å². The third-order valence-corrected chi connectivity index (χ3v) is 6.00. The van der Waals surface area contributed by atoms with Gasteiger partial charge in [0.05, 0.1) is 10.6 Å². The Morgan fingerprint density at radius 2 is 1.70 bits per heavy atom. The van der Waals surface area contributed by atoms with Crippen molar-refractivity contribution in [2.45, 2.75) is 17.4 Å². The number of carbonyl (C=O) groups is 1. The molecular weight excluding hydrogens is 395 g/mol. The SMILES string of the molecule is CS(=O)(=O)CC[C@H](NS(=O)(=O)c1ccccc1)C(=O)Nc1cccc(F)c1. The first kappa shape index (κ1) is 21.0. The highest BCUT2D eigenvalue weighted by atomic mass is 32.2. The number of anilines is 1. The zero-order valence-electron chi connectivity index (χ0n) is 14.4. The van der Waals surface area contributed by atoms with Crippen molar-refractivity contribution in [1.82, 2.24) is 4.72 Å². The minimum absolute atomic E-state index is 0.0621. The van der Waals surface area contributed by atoms with Crippen LogP contribution in [0.4, 0.5) is 10.1 Å². The lowest BCUT2D eigenvalue weighted by atomic mass is 10.2. The van der Waals surface area contributed by atoms with E-state index in [1.54, 1.807) is 6.07 Å². The minimum Gasteiger partial charge on any atom is -0.325 e. The molecule has 0 radical (unpaired) electrons. The number of halogens is 1. The van der Waals surface area contributed by atoms with Gasteiger partial charge in [-0.3, -0.25) is 4.79 Å². The number of amides is 1. The number of carbonyl (C=O) groups excluding carboxylic acids is 1. The van der Waals surface area contributed by atoms with Crippen LogP contribution in [0, 0.1) is 5.82 Å². The molecule has 2 rings (SSSR count). The van der Waals surface area contributed by atoms with Crippen LogP contribution in [0.25, 0.3) is 0 Å². The maximum absolute atomic E-state index is 13.3. The number of nitrogens with one attached hydrogen (secondary N) is 2. The summed E-state index contributed by atoms with van der Waals surface area (Å²) in [5, 5.41) is 2.39. The van der Waals surface area contributed by atoms with Crippen LogP contribution in [-0.2, 0) is 24.7 Å². The lowest BCUT2D eigenvalue weighted by Crippen LogP contribution is -2.44. The maximum atomic E-state index is 13.3. The standard InChI is InChI=1S/C17H19FN2O5S2/c1-26(22,23)11-10-16(17(21)19-14-7-5-6-13(18)12-14)20-27(24,25)15-8-3-2-4-9-15/h2-9,12,16,20H,10-11H2,1H3,(H,19,21)/t16-/m0/s1. The summed E-state index contributed by atoms with van der Waals surface area (Å²) in [6.07, 6.45) is 0.715. The van der Waals surface area contributed by atoms with Crippen LogP contribution >= 0.6 is 0 Å². The fourth-order valence-electron chi connectivity index (χ4n) is 2.23. The molecular formula is C17H19FN2O5S2. The minimum atomic E-state index is -4.05. The van der Waals surface area contributed by atoms with Crippen molar-refractivity contribution in [2.24, 2.45) is 0 Å². The Hall–Kier alpha value is -2.30. The summed E-state index contributed by atoms with van der Waals surface area (Å²) in [4.78, 5) is 12.4. The van der Waals surface area contributed by atoms with E-state index in [1.807, 2.05) is 0 Å². The molecule has 0 spiro atoms. The van der Waals surface area contributed by atoms with Crippen molar-refractivity contribution in [2.75, 3.05) is 17.3 Å². The average Bonchev–Trinajstić information content (AvgIpc) is 2.58. The van der Waals surface area contributed by atoms with E-state index in [-0.39, 0.29) is 17.0 Å². The Morgan fingerprint density at radius 1 is 1.04 bits per heavy atom. The maximum Gasteiger partial charge on any atom is 0.242 e. The molecule has 0 aliphatic rings. The number of benzene rings is 2. The first-order valence-electron chi connectivity index (χ1n) is 7.88. The van der Waals surface area contributed by atoms with Crippen LogP contribution in [0.1, 0.15) is 6.42 Å². The van der Waals surface area contributed by atoms with Crippen LogP contribution in [0.15, 0.2) is 59.5 Å². The Morgan fingerprint density at radius 3 is 2.30 bits per heavy atom. The molecule has 27 heavy (non-hydrogen) atoms. The van der Waals surface area contributed by atoms with Crippen LogP contribution in [-0.4, -0.2) is 40.8 Å². The first-order chi connectivity index (χ1) is 12.6. The summed E-state index contributed by atoms with van der Waals surface area (Å²) < 4.78 is 63.3. The van der Waals surface area contributed by atoms with E-state index in [0.717, 1.165) is 12.3 Å². The van der Waals surface area contributed by atoms with Crippen molar-refractivity contribution in [3.05, 3.63) is 60.4 Å². The normalized spacial score (nSPS) is 13.1. The highest BCUT2D eigenvalue weighted by molar-refractivity contribution is 7.90. The fraction of sp³-hybridized carbons (Fsp3) is 0.235. The molecule has 0 bridgehead atoms. The number of sulfone groups is 1. The monoisotopic (exact) mass is 414 g/mol. The van der Waals surface area contributed by atoms with Gasteiger partial charge in [0.2, 0.25) is 15.9 Å². The van der Waals surface area contributed by atoms with Gasteiger partial charge in [-0.25, -0.2) is 21.2 Å². The number of hydrogen-bond donors (Lipinski definition) is 2. The fourth-order valence-corrected chi connectivity index (χ4v) is 4.14. The van der Waals surface area contributed by atoms with Crippen molar-refractivity contribution in [3.8, 4) is 0 Å². The highest BCUT2D eigenvalue weighted by Crippen LogP contribution is 2.13. The van der Waals surface area contributed by atoms with Crippen molar-refractivity contribution in [1.29, 1.82) is 0 Å². The molecule has 2 N–H and O–H groups in total. The summed E-state index contributed by atoms with van der Waals surface area (Å²) in [7, 11) is -7.48. The van der Waals surface area contributed by atoms with Crippen molar-refractivity contribution < 1.29 is 26.0 Å². The summed E-state index contributed by atoms with van der Waals surface area (Å²) in [5.74, 6) is -1.76. The van der Waals surface area contributed by atoms with E-state index in [1.165, 1.54) is 42.5 Å². The molecule has 7 nitrogen and oxygen atoms in total. The quantitative estimate of drug-likeness (QED) is 0.681. The van der Waals surface area contributed by atoms with Gasteiger partial charge < -0.3 is 5.32 Å². The topological polar surface area (TPSA) is 109 Å². The number of rotatable bonds is 8. The molecule has 0 heterocycles. The lowest BCUT2D eigenvalue weighted by Gasteiger charge is -2.18. The Bertz CT molecular complexity index is 1010. The van der Waals surface area contributed by atoms with Crippen molar-refractivity contribution >= 4 is 31.5 Å². The lowest BCUT2D eigenvalue weighted by molar-refractivity contribution is -0.117. The van der Waals surface area contributed by atoms with E-state index < -0.39 is 43.4 Å². The summed E-state index contributed by atoms with van der Waals surface area (Å²) in [6.45, 7) is 0. The Labute approximate surface area is 157 Å². The number of hydrogen-bond acceptors (Lipinski definition) is 5. The molecule has 0 unspecified atom stereocenters. The van der Waals surface area contributed by atoms with E-state index >= 15 is 0 Å². The zero-order chi connectivity index (χ0) is 20.1. The first-order valence-corrected chi connectivity index (χ1v) is 11.4. The van der Waals surface area contributed by atoms with Gasteiger partial charge in [-0.2, -0.15) is 4.72 Å². The second-order valence-corrected chi connectivity index (χ2v) is 9.88. The molecule has 2 aromatic rings. The molecule has 0 aliphatic carbocycles. The molecule has 1 amide bonds. The van der Waals surface area contributed by atoms with Crippen LogP contribution in [0.3, 0.4) is 0 Å². The van der Waals surface area contributed by atoms with Crippen LogP contribution in [0.2, 0.25) is 0 Å². The molecule has 0 saturated heterocycles. The predicted octanol–water partition coefficient (Wildman–Crippen LogP) is 1.55. The van der Waals surface area contributed by atoms with Gasteiger partial charge >= 0.3 is 0 Å². The third kappa shape index (κ3) is 6.74. The van der Waals surface area contributed by atoms with Gasteiger partial charge in [0.25, 0.3) is 0 Å². The zero-order valence-corrected chi connectivity index (χ0v) is 16.1. The predicted molar refractivity (Wildman–Crippen MR) is 99.9 cm³/mol. The van der Waals surface area contributed by atoms with E-state index in [4.69, 9.17) is 0 Å². The molecule has 0 saturated carbocycles. The van der Waals surface area contributed by atoms with Gasteiger partial charge in [0, 0.05) is 11.9 Å². The summed E-state index contributed by atoms with van der Waals surface area (Å²) in [6, 6.07) is 11.1. The Kier molecular flexibility index (Phi) is 6.68. The molecule has 0 aliphatic heterocycles. The molecule has 0 aromatic heterocycles. The van der Waals surface area contributed by atoms with E-state index in [9.17, 15) is 26.0 Å². The Balaban J connectivity index is 2.23. The highest BCUT2D eigenvalue weighted by Gasteiger charge is 2.27. The van der Waals surface area contributed by atoms with Gasteiger partial charge in [-0.05, 0) is 36.8 Å². The summed E-state index contributed by atoms with van der Waals surface area (Å²) in [5.41, 5.74) is 0.128. The smallest absolute Gasteiger partial charge is 0.242 e. The van der Waals surface area contributed by atoms with Gasteiger partial charge in [-0.15, -0.1) is 0 Å². The van der Waals surface area contributed by atoms with Crippen molar-refractivity contribution in [3.63, 3.8) is 0 Å². The van der Waals surface area contributed by atoms with Crippen LogP contribution in [0.5, 0.6) is 0 Å². The number of sulfonamides is 1.